The van der Waals surface area contributed by atoms with Gasteiger partial charge in [0.05, 0.1) is 0 Å². The Hall–Kier alpha value is -0.860. The molecular formula is C16H24N2. The van der Waals surface area contributed by atoms with Gasteiger partial charge in [-0.1, -0.05) is 30.3 Å². The minimum atomic E-state index is 0.791. The molecule has 0 radical (unpaired) electrons. The highest BCUT2D eigenvalue weighted by atomic mass is 15.1. The van der Waals surface area contributed by atoms with Gasteiger partial charge >= 0.3 is 0 Å². The first-order valence-corrected chi connectivity index (χ1v) is 7.41. The molecule has 3 rings (SSSR count). The van der Waals surface area contributed by atoms with Gasteiger partial charge in [-0.2, -0.15) is 0 Å². The van der Waals surface area contributed by atoms with Crippen LogP contribution >= 0.6 is 0 Å². The summed E-state index contributed by atoms with van der Waals surface area (Å²) in [6.07, 6.45) is 5.50. The number of hydrogen-bond donors (Lipinski definition) is 1. The van der Waals surface area contributed by atoms with Gasteiger partial charge in [-0.3, -0.25) is 4.90 Å². The van der Waals surface area contributed by atoms with Gasteiger partial charge in [0.2, 0.25) is 0 Å². The van der Waals surface area contributed by atoms with Crippen molar-refractivity contribution in [3.8, 4) is 0 Å². The van der Waals surface area contributed by atoms with Gasteiger partial charge in [-0.15, -0.1) is 0 Å². The van der Waals surface area contributed by atoms with Crippen molar-refractivity contribution < 1.29 is 0 Å². The molecule has 0 spiro atoms. The van der Waals surface area contributed by atoms with Crippen LogP contribution in [0.2, 0.25) is 0 Å². The van der Waals surface area contributed by atoms with E-state index in [1.807, 2.05) is 0 Å². The Bertz CT molecular complexity index is 363. The Balaban J connectivity index is 1.63. The average Bonchev–Trinajstić information content (AvgIpc) is 2.61. The fraction of sp³-hybridized carbons (Fsp3) is 0.625. The molecule has 0 amide bonds. The smallest absolute Gasteiger partial charge is 0.0233 e. The Labute approximate surface area is 110 Å². The number of rotatable bonds is 2. The van der Waals surface area contributed by atoms with Crippen LogP contribution in [0.25, 0.3) is 0 Å². The van der Waals surface area contributed by atoms with E-state index in [4.69, 9.17) is 0 Å². The predicted octanol–water partition coefficient (Wildman–Crippen LogP) is 2.65. The summed E-state index contributed by atoms with van der Waals surface area (Å²) in [5.74, 6) is 0.880. The topological polar surface area (TPSA) is 15.3 Å². The maximum absolute atomic E-state index is 3.72. The molecule has 1 aromatic carbocycles. The molecule has 2 aliphatic rings. The standard InChI is InChI=1S/C16H24N2/c1-2-6-14(7-3-1)12-18-11-5-9-16-15(13-18)8-4-10-17-16/h1-3,6-7,15-17H,4-5,8-13H2. The molecule has 2 aliphatic heterocycles. The van der Waals surface area contributed by atoms with E-state index in [2.05, 4.69) is 40.5 Å². The normalized spacial score (nSPS) is 29.6. The molecule has 2 heterocycles. The molecule has 2 nitrogen and oxygen atoms in total. The summed E-state index contributed by atoms with van der Waals surface area (Å²) in [6.45, 7) is 4.92. The zero-order valence-corrected chi connectivity index (χ0v) is 11.1. The molecule has 2 saturated heterocycles. The van der Waals surface area contributed by atoms with Gasteiger partial charge in [0, 0.05) is 19.1 Å². The lowest BCUT2D eigenvalue weighted by Gasteiger charge is -2.33. The highest BCUT2D eigenvalue weighted by Gasteiger charge is 2.28. The molecule has 18 heavy (non-hydrogen) atoms. The van der Waals surface area contributed by atoms with Crippen LogP contribution in [0.4, 0.5) is 0 Å². The molecule has 2 fully saturated rings. The molecule has 1 aromatic rings. The third kappa shape index (κ3) is 2.93. The molecule has 0 aliphatic carbocycles. The monoisotopic (exact) mass is 244 g/mol. The summed E-state index contributed by atoms with van der Waals surface area (Å²) in [5.41, 5.74) is 1.46. The summed E-state index contributed by atoms with van der Waals surface area (Å²) < 4.78 is 0. The van der Waals surface area contributed by atoms with Gasteiger partial charge in [0.15, 0.2) is 0 Å². The van der Waals surface area contributed by atoms with E-state index in [9.17, 15) is 0 Å². The van der Waals surface area contributed by atoms with Crippen molar-refractivity contribution in [1.29, 1.82) is 0 Å². The molecule has 0 saturated carbocycles. The van der Waals surface area contributed by atoms with E-state index in [1.54, 1.807) is 0 Å². The number of piperidine rings is 1. The fourth-order valence-electron chi connectivity index (χ4n) is 3.52. The minimum Gasteiger partial charge on any atom is -0.314 e. The summed E-state index contributed by atoms with van der Waals surface area (Å²) in [5, 5.41) is 3.72. The lowest BCUT2D eigenvalue weighted by molar-refractivity contribution is 0.198. The lowest BCUT2D eigenvalue weighted by Crippen LogP contribution is -2.43. The van der Waals surface area contributed by atoms with Crippen LogP contribution in [0, 0.1) is 5.92 Å². The Morgan fingerprint density at radius 3 is 2.89 bits per heavy atom. The molecule has 2 atom stereocenters. The van der Waals surface area contributed by atoms with E-state index >= 15 is 0 Å². The minimum absolute atomic E-state index is 0.791. The van der Waals surface area contributed by atoms with Crippen LogP contribution < -0.4 is 5.32 Å². The molecule has 0 aromatic heterocycles. The maximum atomic E-state index is 3.72. The quantitative estimate of drug-likeness (QED) is 0.860. The molecule has 0 bridgehead atoms. The van der Waals surface area contributed by atoms with Crippen LogP contribution in [0.5, 0.6) is 0 Å². The first kappa shape index (κ1) is 12.2. The highest BCUT2D eigenvalue weighted by Crippen LogP contribution is 2.25. The molecule has 2 unspecified atom stereocenters. The van der Waals surface area contributed by atoms with E-state index < -0.39 is 0 Å². The maximum Gasteiger partial charge on any atom is 0.0233 e. The first-order chi connectivity index (χ1) is 8.92. The molecule has 1 N–H and O–H groups in total. The van der Waals surface area contributed by atoms with Crippen molar-refractivity contribution in [2.75, 3.05) is 19.6 Å². The third-order valence-electron chi connectivity index (χ3n) is 4.46. The second kappa shape index (κ2) is 5.85. The van der Waals surface area contributed by atoms with Crippen LogP contribution in [0.3, 0.4) is 0 Å². The third-order valence-corrected chi connectivity index (χ3v) is 4.46. The van der Waals surface area contributed by atoms with Crippen LogP contribution in [-0.2, 0) is 6.54 Å². The Morgan fingerprint density at radius 2 is 2.00 bits per heavy atom. The first-order valence-electron chi connectivity index (χ1n) is 7.41. The van der Waals surface area contributed by atoms with Crippen molar-refractivity contribution in [1.82, 2.24) is 10.2 Å². The Kier molecular flexibility index (Phi) is 3.96. The number of hydrogen-bond acceptors (Lipinski definition) is 2. The zero-order chi connectivity index (χ0) is 12.2. The van der Waals surface area contributed by atoms with Gasteiger partial charge in [-0.25, -0.2) is 0 Å². The van der Waals surface area contributed by atoms with Crippen molar-refractivity contribution >= 4 is 0 Å². The number of fused-ring (bicyclic) bond motifs is 1. The summed E-state index contributed by atoms with van der Waals surface area (Å²) in [7, 11) is 0. The van der Waals surface area contributed by atoms with Crippen molar-refractivity contribution in [2.24, 2.45) is 5.92 Å². The van der Waals surface area contributed by atoms with Crippen LogP contribution in [-0.4, -0.2) is 30.6 Å². The SMILES string of the molecule is c1ccc(CN2CCCC3NCCCC3C2)cc1. The lowest BCUT2D eigenvalue weighted by atomic mass is 9.89. The average molecular weight is 244 g/mol. The van der Waals surface area contributed by atoms with Gasteiger partial charge in [-0.05, 0) is 50.3 Å². The fourth-order valence-corrected chi connectivity index (χ4v) is 3.52. The largest absolute Gasteiger partial charge is 0.314 e. The summed E-state index contributed by atoms with van der Waals surface area (Å²) in [6, 6.07) is 11.7. The summed E-state index contributed by atoms with van der Waals surface area (Å²) >= 11 is 0. The molecular weight excluding hydrogens is 220 g/mol. The number of benzene rings is 1. The molecule has 98 valence electrons. The van der Waals surface area contributed by atoms with Gasteiger partial charge in [0.1, 0.15) is 0 Å². The number of likely N-dealkylation sites (tertiary alicyclic amines) is 1. The van der Waals surface area contributed by atoms with E-state index in [0.29, 0.717) is 0 Å². The number of nitrogens with one attached hydrogen (secondary N) is 1. The van der Waals surface area contributed by atoms with Gasteiger partial charge < -0.3 is 5.32 Å². The predicted molar refractivity (Wildman–Crippen MR) is 75.5 cm³/mol. The van der Waals surface area contributed by atoms with E-state index in [1.165, 1.54) is 50.9 Å². The van der Waals surface area contributed by atoms with Gasteiger partial charge in [0.25, 0.3) is 0 Å². The van der Waals surface area contributed by atoms with Crippen molar-refractivity contribution in [2.45, 2.75) is 38.3 Å². The molecule has 2 heteroatoms. The zero-order valence-electron chi connectivity index (χ0n) is 11.1. The van der Waals surface area contributed by atoms with Crippen molar-refractivity contribution in [3.05, 3.63) is 35.9 Å². The van der Waals surface area contributed by atoms with Crippen LogP contribution in [0.15, 0.2) is 30.3 Å². The second-order valence-corrected chi connectivity index (χ2v) is 5.83. The summed E-state index contributed by atoms with van der Waals surface area (Å²) in [4.78, 5) is 2.66. The highest BCUT2D eigenvalue weighted by molar-refractivity contribution is 5.14. The van der Waals surface area contributed by atoms with Crippen molar-refractivity contribution in [3.63, 3.8) is 0 Å². The van der Waals surface area contributed by atoms with Crippen LogP contribution in [0.1, 0.15) is 31.2 Å². The van der Waals surface area contributed by atoms with E-state index in [0.717, 1.165) is 18.5 Å². The van der Waals surface area contributed by atoms with E-state index in [-0.39, 0.29) is 0 Å². The number of nitrogens with zero attached hydrogens (tertiary/aromatic N) is 1. The Morgan fingerprint density at radius 1 is 1.11 bits per heavy atom. The second-order valence-electron chi connectivity index (χ2n) is 5.83.